The van der Waals surface area contributed by atoms with Crippen LogP contribution in [0.5, 0.6) is 0 Å². The highest BCUT2D eigenvalue weighted by atomic mass is 35.5. The fraction of sp³-hybridized carbons (Fsp3) is 0.133. The zero-order chi connectivity index (χ0) is 13.4. The lowest BCUT2D eigenvalue weighted by Gasteiger charge is -2.06. The molecule has 0 fully saturated rings. The third-order valence-electron chi connectivity index (χ3n) is 3.21. The summed E-state index contributed by atoms with van der Waals surface area (Å²) in [5.74, 6) is 0. The Balaban J connectivity index is 2.32. The van der Waals surface area contributed by atoms with E-state index in [9.17, 15) is 0 Å². The maximum Gasteiger partial charge on any atom is 0.107 e. The van der Waals surface area contributed by atoms with E-state index < -0.39 is 0 Å². The van der Waals surface area contributed by atoms with Gasteiger partial charge < -0.3 is 0 Å². The fourth-order valence-electron chi connectivity index (χ4n) is 2.28. The SMILES string of the molecule is BCc1cc(-c2cccc(Cl)c2)c2nc(C)sc2c1. The molecule has 0 N–H and O–H groups in total. The van der Waals surface area contributed by atoms with Gasteiger partial charge in [-0.15, -0.1) is 11.3 Å². The molecule has 0 bridgehead atoms. The van der Waals surface area contributed by atoms with Crippen LogP contribution >= 0.6 is 22.9 Å². The Kier molecular flexibility index (Phi) is 3.34. The van der Waals surface area contributed by atoms with Gasteiger partial charge in [0.05, 0.1) is 15.2 Å². The molecular weight excluding hydrogens is 273 g/mol. The molecule has 0 spiro atoms. The van der Waals surface area contributed by atoms with E-state index in [0.29, 0.717) is 0 Å². The molecule has 2 aromatic carbocycles. The summed E-state index contributed by atoms with van der Waals surface area (Å²) in [5, 5.41) is 1.87. The van der Waals surface area contributed by atoms with Crippen molar-refractivity contribution in [2.24, 2.45) is 0 Å². The predicted octanol–water partition coefficient (Wildman–Crippen LogP) is 4.06. The molecule has 0 unspecified atom stereocenters. The molecule has 19 heavy (non-hydrogen) atoms. The van der Waals surface area contributed by atoms with E-state index in [0.717, 1.165) is 27.4 Å². The molecule has 1 nitrogen and oxygen atoms in total. The summed E-state index contributed by atoms with van der Waals surface area (Å²) in [6.45, 7) is 2.05. The number of thiazole rings is 1. The second-order valence-electron chi connectivity index (χ2n) is 4.59. The number of rotatable bonds is 2. The van der Waals surface area contributed by atoms with E-state index >= 15 is 0 Å². The maximum absolute atomic E-state index is 6.11. The highest BCUT2D eigenvalue weighted by Crippen LogP contribution is 2.33. The van der Waals surface area contributed by atoms with Crippen LogP contribution in [0.4, 0.5) is 0 Å². The Hall–Kier alpha value is -1.32. The average Bonchev–Trinajstić information content (AvgIpc) is 2.77. The molecule has 1 heterocycles. The Morgan fingerprint density at radius 1 is 1.26 bits per heavy atom. The van der Waals surface area contributed by atoms with Crippen LogP contribution in [-0.4, -0.2) is 12.8 Å². The molecule has 0 aliphatic carbocycles. The molecule has 0 amide bonds. The number of aryl methyl sites for hydroxylation is 1. The molecule has 94 valence electrons. The van der Waals surface area contributed by atoms with Gasteiger partial charge in [-0.2, -0.15) is 0 Å². The van der Waals surface area contributed by atoms with Crippen LogP contribution in [0.3, 0.4) is 0 Å². The Morgan fingerprint density at radius 3 is 2.84 bits per heavy atom. The van der Waals surface area contributed by atoms with Crippen LogP contribution in [0.15, 0.2) is 36.4 Å². The first kappa shape index (κ1) is 12.7. The third-order valence-corrected chi connectivity index (χ3v) is 4.36. The van der Waals surface area contributed by atoms with Crippen molar-refractivity contribution >= 4 is 41.0 Å². The predicted molar refractivity (Wildman–Crippen MR) is 87.1 cm³/mol. The van der Waals surface area contributed by atoms with Gasteiger partial charge in [-0.05, 0) is 36.8 Å². The molecule has 0 atom stereocenters. The van der Waals surface area contributed by atoms with Gasteiger partial charge in [0.1, 0.15) is 7.85 Å². The highest BCUT2D eigenvalue weighted by molar-refractivity contribution is 7.18. The monoisotopic (exact) mass is 285 g/mol. The van der Waals surface area contributed by atoms with Crippen molar-refractivity contribution in [2.45, 2.75) is 13.2 Å². The summed E-state index contributed by atoms with van der Waals surface area (Å²) >= 11 is 7.86. The molecule has 0 saturated carbocycles. The molecule has 3 aromatic rings. The van der Waals surface area contributed by atoms with Crippen LogP contribution in [0.2, 0.25) is 5.02 Å². The summed E-state index contributed by atoms with van der Waals surface area (Å²) in [4.78, 5) is 4.67. The molecule has 0 aliphatic heterocycles. The summed E-state index contributed by atoms with van der Waals surface area (Å²) < 4.78 is 1.26. The molecule has 0 saturated heterocycles. The van der Waals surface area contributed by atoms with Gasteiger partial charge >= 0.3 is 0 Å². The van der Waals surface area contributed by atoms with E-state index in [-0.39, 0.29) is 0 Å². The Bertz CT molecular complexity index is 751. The molecular formula is C15H13BClNS. The molecule has 0 radical (unpaired) electrons. The summed E-state index contributed by atoms with van der Waals surface area (Å²) in [7, 11) is 2.18. The van der Waals surface area contributed by atoms with Crippen molar-refractivity contribution in [3.8, 4) is 11.1 Å². The normalized spacial score (nSPS) is 11.1. The summed E-state index contributed by atoms with van der Waals surface area (Å²) in [6.07, 6.45) is 1.03. The van der Waals surface area contributed by atoms with Crippen molar-refractivity contribution in [3.63, 3.8) is 0 Å². The number of hydrogen-bond acceptors (Lipinski definition) is 2. The summed E-state index contributed by atoms with van der Waals surface area (Å²) in [5.41, 5.74) is 4.74. The number of aromatic nitrogens is 1. The molecule has 4 heteroatoms. The minimum atomic E-state index is 0.763. The highest BCUT2D eigenvalue weighted by Gasteiger charge is 2.10. The fourth-order valence-corrected chi connectivity index (χ4v) is 3.39. The average molecular weight is 286 g/mol. The smallest absolute Gasteiger partial charge is 0.107 e. The number of fused-ring (bicyclic) bond motifs is 1. The Morgan fingerprint density at radius 2 is 2.11 bits per heavy atom. The van der Waals surface area contributed by atoms with Crippen LogP contribution in [0.25, 0.3) is 21.3 Å². The zero-order valence-electron chi connectivity index (χ0n) is 10.9. The Labute approximate surface area is 122 Å². The van der Waals surface area contributed by atoms with Gasteiger partial charge in [-0.3, -0.25) is 0 Å². The molecule has 1 aromatic heterocycles. The van der Waals surface area contributed by atoms with Crippen molar-refractivity contribution in [1.82, 2.24) is 4.98 Å². The minimum absolute atomic E-state index is 0.763. The van der Waals surface area contributed by atoms with Crippen LogP contribution < -0.4 is 0 Å². The standard InChI is InChI=1S/C15H13BClNS/c1-9-18-15-13(11-3-2-4-12(17)7-11)5-10(8-16)6-14(15)19-9/h2-7H,8,16H2,1H3. The van der Waals surface area contributed by atoms with Crippen LogP contribution in [0, 0.1) is 6.92 Å². The quantitative estimate of drug-likeness (QED) is 0.647. The van der Waals surface area contributed by atoms with E-state index in [1.54, 1.807) is 11.3 Å². The summed E-state index contributed by atoms with van der Waals surface area (Å²) in [6, 6.07) is 12.5. The second-order valence-corrected chi connectivity index (χ2v) is 6.26. The van der Waals surface area contributed by atoms with Crippen molar-refractivity contribution < 1.29 is 0 Å². The van der Waals surface area contributed by atoms with E-state index in [1.165, 1.54) is 15.8 Å². The van der Waals surface area contributed by atoms with Gasteiger partial charge in [-0.1, -0.05) is 35.6 Å². The van der Waals surface area contributed by atoms with Gasteiger partial charge in [0, 0.05) is 10.6 Å². The van der Waals surface area contributed by atoms with Crippen LogP contribution in [-0.2, 0) is 6.32 Å². The maximum atomic E-state index is 6.11. The first-order valence-electron chi connectivity index (χ1n) is 6.33. The zero-order valence-corrected chi connectivity index (χ0v) is 12.5. The van der Waals surface area contributed by atoms with Gasteiger partial charge in [-0.25, -0.2) is 4.98 Å². The first-order chi connectivity index (χ1) is 9.17. The lowest BCUT2D eigenvalue weighted by Crippen LogP contribution is -1.87. The molecule has 0 aliphatic rings. The minimum Gasteiger partial charge on any atom is -0.241 e. The van der Waals surface area contributed by atoms with Crippen molar-refractivity contribution in [1.29, 1.82) is 0 Å². The van der Waals surface area contributed by atoms with E-state index in [4.69, 9.17) is 11.6 Å². The first-order valence-corrected chi connectivity index (χ1v) is 7.53. The van der Waals surface area contributed by atoms with E-state index in [2.05, 4.69) is 38.0 Å². The largest absolute Gasteiger partial charge is 0.241 e. The lowest BCUT2D eigenvalue weighted by atomic mass is 9.93. The second kappa shape index (κ2) is 4.99. The van der Waals surface area contributed by atoms with Crippen molar-refractivity contribution in [3.05, 3.63) is 52.0 Å². The third kappa shape index (κ3) is 2.40. The topological polar surface area (TPSA) is 12.9 Å². The van der Waals surface area contributed by atoms with Gasteiger partial charge in [0.15, 0.2) is 0 Å². The van der Waals surface area contributed by atoms with Gasteiger partial charge in [0.2, 0.25) is 0 Å². The number of hydrogen-bond donors (Lipinski definition) is 0. The number of benzene rings is 2. The molecule has 3 rings (SSSR count). The number of nitrogens with zero attached hydrogens (tertiary/aromatic N) is 1. The lowest BCUT2D eigenvalue weighted by molar-refractivity contribution is 1.34. The van der Waals surface area contributed by atoms with E-state index in [1.807, 2.05) is 18.2 Å². The van der Waals surface area contributed by atoms with Crippen LogP contribution in [0.1, 0.15) is 10.6 Å². The number of halogens is 1. The van der Waals surface area contributed by atoms with Gasteiger partial charge in [0.25, 0.3) is 0 Å². The van der Waals surface area contributed by atoms with Crippen molar-refractivity contribution in [2.75, 3.05) is 0 Å².